The van der Waals surface area contributed by atoms with Crippen LogP contribution in [0.1, 0.15) is 30.9 Å². The van der Waals surface area contributed by atoms with E-state index >= 15 is 0 Å². The first-order valence-corrected chi connectivity index (χ1v) is 7.91. The van der Waals surface area contributed by atoms with Gasteiger partial charge in [0.1, 0.15) is 5.82 Å². The second kappa shape index (κ2) is 6.71. The molecule has 1 amide bonds. The molecule has 7 nitrogen and oxygen atoms in total. The molecule has 2 heterocycles. The maximum absolute atomic E-state index is 11.9. The Hall–Kier alpha value is -1.61. The predicted octanol–water partition coefficient (Wildman–Crippen LogP) is 1.51. The van der Waals surface area contributed by atoms with Crippen molar-refractivity contribution in [2.24, 2.45) is 0 Å². The number of hydrogen-bond donors (Lipinski definition) is 3. The van der Waals surface area contributed by atoms with Gasteiger partial charge >= 0.3 is 0 Å². The van der Waals surface area contributed by atoms with Crippen LogP contribution in [0, 0.1) is 6.92 Å². The molecule has 2 aromatic heterocycles. The molecule has 2 aromatic rings. The standard InChI is InChI=1S/C11H16N6OS2/c1-3-7(9-13-4-6(2)14-9)15-8(18)5-19-11-17-16-10(12)20-11/h4,7H,3,5H2,1-2H3,(H2,12,16)(H,13,14)(H,15,18)/t7-/m0/s1. The van der Waals surface area contributed by atoms with Crippen LogP contribution in [0.15, 0.2) is 10.5 Å². The molecule has 4 N–H and O–H groups in total. The van der Waals surface area contributed by atoms with Crippen molar-refractivity contribution >= 4 is 34.1 Å². The van der Waals surface area contributed by atoms with Crippen molar-refractivity contribution in [3.8, 4) is 0 Å². The number of anilines is 1. The lowest BCUT2D eigenvalue weighted by molar-refractivity contribution is -0.119. The molecular weight excluding hydrogens is 296 g/mol. The highest BCUT2D eigenvalue weighted by molar-refractivity contribution is 8.01. The molecule has 20 heavy (non-hydrogen) atoms. The van der Waals surface area contributed by atoms with E-state index in [0.29, 0.717) is 9.47 Å². The number of aryl methyl sites for hydroxylation is 1. The van der Waals surface area contributed by atoms with Gasteiger partial charge in [-0.2, -0.15) is 0 Å². The van der Waals surface area contributed by atoms with Gasteiger partial charge in [0.15, 0.2) is 4.34 Å². The summed E-state index contributed by atoms with van der Waals surface area (Å²) in [6, 6.07) is -0.101. The number of amides is 1. The van der Waals surface area contributed by atoms with Crippen LogP contribution in [-0.4, -0.2) is 31.8 Å². The fraction of sp³-hybridized carbons (Fsp3) is 0.455. The van der Waals surface area contributed by atoms with E-state index in [9.17, 15) is 4.79 Å². The van der Waals surface area contributed by atoms with Gasteiger partial charge in [-0.15, -0.1) is 10.2 Å². The number of nitrogens with one attached hydrogen (secondary N) is 2. The Balaban J connectivity index is 1.86. The average molecular weight is 312 g/mol. The average Bonchev–Trinajstić information content (AvgIpc) is 3.02. The molecule has 0 spiro atoms. The predicted molar refractivity (Wildman–Crippen MR) is 79.5 cm³/mol. The molecule has 0 saturated heterocycles. The van der Waals surface area contributed by atoms with Gasteiger partial charge in [0.25, 0.3) is 0 Å². The van der Waals surface area contributed by atoms with Gasteiger partial charge in [0.2, 0.25) is 11.0 Å². The van der Waals surface area contributed by atoms with Gasteiger partial charge in [-0.1, -0.05) is 30.0 Å². The third-order valence-corrected chi connectivity index (χ3v) is 4.43. The van der Waals surface area contributed by atoms with E-state index in [4.69, 9.17) is 5.73 Å². The van der Waals surface area contributed by atoms with Gasteiger partial charge in [-0.3, -0.25) is 4.79 Å². The number of aromatic amines is 1. The van der Waals surface area contributed by atoms with Crippen LogP contribution in [0.2, 0.25) is 0 Å². The number of nitrogens with zero attached hydrogens (tertiary/aromatic N) is 3. The molecule has 0 aromatic carbocycles. The molecule has 0 aliphatic rings. The van der Waals surface area contributed by atoms with Gasteiger partial charge in [-0.05, 0) is 13.3 Å². The molecule has 0 aliphatic heterocycles. The molecule has 0 fully saturated rings. The Labute approximate surface area is 124 Å². The molecule has 0 unspecified atom stereocenters. The summed E-state index contributed by atoms with van der Waals surface area (Å²) in [6.07, 6.45) is 2.53. The lowest BCUT2D eigenvalue weighted by Gasteiger charge is -2.14. The maximum Gasteiger partial charge on any atom is 0.231 e. The van der Waals surface area contributed by atoms with Gasteiger partial charge < -0.3 is 16.0 Å². The maximum atomic E-state index is 11.9. The Bertz CT molecular complexity index is 581. The zero-order valence-corrected chi connectivity index (χ0v) is 12.8. The summed E-state index contributed by atoms with van der Waals surface area (Å²) in [7, 11) is 0. The minimum Gasteiger partial charge on any atom is -0.374 e. The first kappa shape index (κ1) is 14.8. The van der Waals surface area contributed by atoms with Crippen LogP contribution in [0.4, 0.5) is 5.13 Å². The number of thioether (sulfide) groups is 1. The summed E-state index contributed by atoms with van der Waals surface area (Å²) in [5.41, 5.74) is 6.46. The Kier molecular flexibility index (Phi) is 4.96. The topological polar surface area (TPSA) is 110 Å². The van der Waals surface area contributed by atoms with Crippen molar-refractivity contribution < 1.29 is 4.79 Å². The summed E-state index contributed by atoms with van der Waals surface area (Å²) in [5.74, 6) is 0.998. The van der Waals surface area contributed by atoms with Crippen LogP contribution < -0.4 is 11.1 Å². The first-order valence-electron chi connectivity index (χ1n) is 6.11. The van der Waals surface area contributed by atoms with Crippen LogP contribution in [-0.2, 0) is 4.79 Å². The van der Waals surface area contributed by atoms with Gasteiger partial charge in [0.05, 0.1) is 11.8 Å². The first-order chi connectivity index (χ1) is 9.58. The summed E-state index contributed by atoms with van der Waals surface area (Å²) < 4.78 is 0.694. The number of carbonyl (C=O) groups is 1. The highest BCUT2D eigenvalue weighted by atomic mass is 32.2. The van der Waals surface area contributed by atoms with Gasteiger partial charge in [0, 0.05) is 11.9 Å². The number of H-pyrrole nitrogens is 1. The Morgan fingerprint density at radius 3 is 2.95 bits per heavy atom. The van der Waals surface area contributed by atoms with Crippen LogP contribution in [0.25, 0.3) is 0 Å². The largest absolute Gasteiger partial charge is 0.374 e. The van der Waals surface area contributed by atoms with E-state index in [0.717, 1.165) is 17.9 Å². The number of nitrogens with two attached hydrogens (primary N) is 1. The van der Waals surface area contributed by atoms with E-state index in [1.807, 2.05) is 13.8 Å². The number of carbonyl (C=O) groups excluding carboxylic acids is 1. The zero-order chi connectivity index (χ0) is 14.5. The van der Waals surface area contributed by atoms with Crippen LogP contribution in [0.3, 0.4) is 0 Å². The monoisotopic (exact) mass is 312 g/mol. The summed E-state index contributed by atoms with van der Waals surface area (Å²) in [4.78, 5) is 19.3. The number of hydrogen-bond acceptors (Lipinski definition) is 7. The highest BCUT2D eigenvalue weighted by Gasteiger charge is 2.16. The van der Waals surface area contributed by atoms with E-state index in [1.165, 1.54) is 23.1 Å². The molecular formula is C11H16N6OS2. The molecule has 2 rings (SSSR count). The minimum absolute atomic E-state index is 0.0651. The summed E-state index contributed by atoms with van der Waals surface area (Å²) in [6.45, 7) is 3.93. The van der Waals surface area contributed by atoms with Crippen LogP contribution in [0.5, 0.6) is 0 Å². The van der Waals surface area contributed by atoms with Crippen LogP contribution >= 0.6 is 23.1 Å². The fourth-order valence-corrected chi connectivity index (χ4v) is 3.06. The summed E-state index contributed by atoms with van der Waals surface area (Å²) in [5, 5.41) is 10.9. The molecule has 108 valence electrons. The Morgan fingerprint density at radius 1 is 1.60 bits per heavy atom. The quantitative estimate of drug-likeness (QED) is 0.698. The number of nitrogen functional groups attached to an aromatic ring is 1. The second-order valence-corrected chi connectivity index (χ2v) is 6.41. The van der Waals surface area contributed by atoms with Crippen molar-refractivity contribution in [3.05, 3.63) is 17.7 Å². The van der Waals surface area contributed by atoms with E-state index < -0.39 is 0 Å². The Morgan fingerprint density at radius 2 is 2.40 bits per heavy atom. The SMILES string of the molecule is CC[C@H](NC(=O)CSc1nnc(N)s1)c1ncc(C)[nH]1. The number of rotatable bonds is 6. The van der Waals surface area contributed by atoms with Gasteiger partial charge in [-0.25, -0.2) is 4.98 Å². The lowest BCUT2D eigenvalue weighted by atomic mass is 10.2. The third kappa shape index (κ3) is 3.94. The van der Waals surface area contributed by atoms with E-state index in [-0.39, 0.29) is 17.7 Å². The zero-order valence-electron chi connectivity index (χ0n) is 11.2. The van der Waals surface area contributed by atoms with E-state index in [2.05, 4.69) is 25.5 Å². The lowest BCUT2D eigenvalue weighted by Crippen LogP contribution is -2.30. The second-order valence-electron chi connectivity index (χ2n) is 4.17. The third-order valence-electron chi connectivity index (χ3n) is 2.54. The fourth-order valence-electron chi connectivity index (χ4n) is 1.62. The molecule has 0 saturated carbocycles. The minimum atomic E-state index is -0.101. The normalized spacial score (nSPS) is 12.3. The molecule has 1 atom stereocenters. The molecule has 0 aliphatic carbocycles. The highest BCUT2D eigenvalue weighted by Crippen LogP contribution is 2.23. The van der Waals surface area contributed by atoms with Crippen molar-refractivity contribution in [3.63, 3.8) is 0 Å². The van der Waals surface area contributed by atoms with E-state index in [1.54, 1.807) is 6.20 Å². The van der Waals surface area contributed by atoms with Crippen molar-refractivity contribution in [2.45, 2.75) is 30.6 Å². The number of aromatic nitrogens is 4. The number of imidazole rings is 1. The molecule has 9 heteroatoms. The van der Waals surface area contributed by atoms with Crippen molar-refractivity contribution in [1.29, 1.82) is 0 Å². The molecule has 0 bridgehead atoms. The smallest absolute Gasteiger partial charge is 0.231 e. The van der Waals surface area contributed by atoms with Crippen molar-refractivity contribution in [1.82, 2.24) is 25.5 Å². The van der Waals surface area contributed by atoms with Crippen molar-refractivity contribution in [2.75, 3.05) is 11.5 Å². The molecule has 0 radical (unpaired) electrons. The summed E-state index contributed by atoms with van der Waals surface area (Å²) >= 11 is 2.60.